The van der Waals surface area contributed by atoms with Crippen LogP contribution in [0.3, 0.4) is 0 Å². The van der Waals surface area contributed by atoms with Gasteiger partial charge in [-0.25, -0.2) is 4.99 Å². The van der Waals surface area contributed by atoms with Gasteiger partial charge in [0.05, 0.1) is 5.69 Å². The van der Waals surface area contributed by atoms with Crippen LogP contribution in [0.1, 0.15) is 19.8 Å². The SMILES string of the molecule is CCCC(=Nc1ccccc1)N(C)c1ccccc1. The molecule has 0 saturated carbocycles. The van der Waals surface area contributed by atoms with Crippen molar-refractivity contribution in [2.24, 2.45) is 4.99 Å². The molecule has 0 N–H and O–H groups in total. The quantitative estimate of drug-likeness (QED) is 0.571. The van der Waals surface area contributed by atoms with E-state index in [0.29, 0.717) is 0 Å². The van der Waals surface area contributed by atoms with Gasteiger partial charge >= 0.3 is 0 Å². The van der Waals surface area contributed by atoms with Crippen LogP contribution in [0, 0.1) is 0 Å². The number of amidine groups is 1. The second kappa shape index (κ2) is 6.74. The molecule has 0 saturated heterocycles. The van der Waals surface area contributed by atoms with Crippen molar-refractivity contribution in [2.75, 3.05) is 11.9 Å². The highest BCUT2D eigenvalue weighted by molar-refractivity contribution is 5.98. The van der Waals surface area contributed by atoms with Crippen molar-refractivity contribution in [2.45, 2.75) is 19.8 Å². The highest BCUT2D eigenvalue weighted by Gasteiger charge is 2.07. The summed E-state index contributed by atoms with van der Waals surface area (Å²) in [6, 6.07) is 20.5. The van der Waals surface area contributed by atoms with E-state index in [1.165, 1.54) is 5.69 Å². The van der Waals surface area contributed by atoms with Gasteiger partial charge in [0.15, 0.2) is 0 Å². The summed E-state index contributed by atoms with van der Waals surface area (Å²) >= 11 is 0. The predicted octanol–water partition coefficient (Wildman–Crippen LogP) is 4.65. The third-order valence-electron chi connectivity index (χ3n) is 3.02. The van der Waals surface area contributed by atoms with E-state index < -0.39 is 0 Å². The Hall–Kier alpha value is -2.09. The maximum atomic E-state index is 4.77. The van der Waals surface area contributed by atoms with Gasteiger partial charge < -0.3 is 4.90 Å². The third kappa shape index (κ3) is 3.68. The Kier molecular flexibility index (Phi) is 4.73. The van der Waals surface area contributed by atoms with Crippen LogP contribution in [-0.4, -0.2) is 12.9 Å². The number of rotatable bonds is 4. The van der Waals surface area contributed by atoms with Crippen LogP contribution >= 0.6 is 0 Å². The number of para-hydroxylation sites is 2. The zero-order chi connectivity index (χ0) is 13.5. The zero-order valence-corrected chi connectivity index (χ0v) is 11.6. The Labute approximate surface area is 115 Å². The Balaban J connectivity index is 2.28. The van der Waals surface area contributed by atoms with Crippen LogP contribution in [0.15, 0.2) is 65.7 Å². The van der Waals surface area contributed by atoms with E-state index in [-0.39, 0.29) is 0 Å². The topological polar surface area (TPSA) is 15.6 Å². The molecule has 2 aromatic rings. The first-order chi connectivity index (χ1) is 9.31. The average molecular weight is 252 g/mol. The van der Waals surface area contributed by atoms with Gasteiger partial charge in [0.2, 0.25) is 0 Å². The van der Waals surface area contributed by atoms with Crippen LogP contribution < -0.4 is 4.90 Å². The highest BCUT2D eigenvalue weighted by atomic mass is 15.2. The average Bonchev–Trinajstić information content (AvgIpc) is 2.48. The fourth-order valence-corrected chi connectivity index (χ4v) is 1.97. The minimum Gasteiger partial charge on any atom is -0.333 e. The Morgan fingerprint density at radius 2 is 1.53 bits per heavy atom. The van der Waals surface area contributed by atoms with Gasteiger partial charge in [-0.15, -0.1) is 0 Å². The molecule has 2 nitrogen and oxygen atoms in total. The maximum absolute atomic E-state index is 4.77. The van der Waals surface area contributed by atoms with Crippen molar-refractivity contribution in [1.29, 1.82) is 0 Å². The maximum Gasteiger partial charge on any atom is 0.109 e. The fourth-order valence-electron chi connectivity index (χ4n) is 1.97. The van der Waals surface area contributed by atoms with Crippen LogP contribution in [0.2, 0.25) is 0 Å². The van der Waals surface area contributed by atoms with Gasteiger partial charge in [0.25, 0.3) is 0 Å². The Bertz CT molecular complexity index is 517. The molecule has 0 amide bonds. The molecule has 0 fully saturated rings. The first-order valence-electron chi connectivity index (χ1n) is 6.72. The summed E-state index contributed by atoms with van der Waals surface area (Å²) in [5, 5.41) is 0. The Morgan fingerprint density at radius 1 is 0.947 bits per heavy atom. The van der Waals surface area contributed by atoms with Gasteiger partial charge in [-0.2, -0.15) is 0 Å². The third-order valence-corrected chi connectivity index (χ3v) is 3.02. The van der Waals surface area contributed by atoms with Gasteiger partial charge in [-0.3, -0.25) is 0 Å². The molecule has 0 aliphatic carbocycles. The molecule has 0 spiro atoms. The highest BCUT2D eigenvalue weighted by Crippen LogP contribution is 2.17. The first kappa shape index (κ1) is 13.3. The molecule has 0 atom stereocenters. The van der Waals surface area contributed by atoms with E-state index in [9.17, 15) is 0 Å². The van der Waals surface area contributed by atoms with Crippen molar-refractivity contribution in [3.8, 4) is 0 Å². The first-order valence-corrected chi connectivity index (χ1v) is 6.72. The molecule has 0 radical (unpaired) electrons. The summed E-state index contributed by atoms with van der Waals surface area (Å²) in [4.78, 5) is 6.93. The minimum atomic E-state index is 0.973. The smallest absolute Gasteiger partial charge is 0.109 e. The van der Waals surface area contributed by atoms with Gasteiger partial charge in [0.1, 0.15) is 5.84 Å². The second-order valence-electron chi connectivity index (χ2n) is 4.51. The molecule has 0 bridgehead atoms. The molecule has 98 valence electrons. The summed E-state index contributed by atoms with van der Waals surface area (Å²) in [6.45, 7) is 2.18. The number of hydrogen-bond acceptors (Lipinski definition) is 1. The molecule has 2 aromatic carbocycles. The van der Waals surface area contributed by atoms with Crippen LogP contribution in [0.5, 0.6) is 0 Å². The van der Waals surface area contributed by atoms with Gasteiger partial charge in [-0.05, 0) is 30.7 Å². The number of nitrogens with zero attached hydrogens (tertiary/aromatic N) is 2. The van der Waals surface area contributed by atoms with Crippen LogP contribution in [-0.2, 0) is 0 Å². The summed E-state index contributed by atoms with van der Waals surface area (Å²) in [7, 11) is 2.08. The van der Waals surface area contributed by atoms with Gasteiger partial charge in [-0.1, -0.05) is 43.3 Å². The second-order valence-corrected chi connectivity index (χ2v) is 4.51. The molecule has 0 aromatic heterocycles. The van der Waals surface area contributed by atoms with E-state index in [1.54, 1.807) is 0 Å². The van der Waals surface area contributed by atoms with Gasteiger partial charge in [0, 0.05) is 19.2 Å². The number of hydrogen-bond donors (Lipinski definition) is 0. The zero-order valence-electron chi connectivity index (χ0n) is 11.6. The number of aliphatic imine (C=N–C) groups is 1. The molecule has 19 heavy (non-hydrogen) atoms. The fraction of sp³-hybridized carbons (Fsp3) is 0.235. The lowest BCUT2D eigenvalue weighted by Crippen LogP contribution is -2.25. The standard InChI is InChI=1S/C17H20N2/c1-3-10-17(18-15-11-6-4-7-12-15)19(2)16-13-8-5-9-14-16/h4-9,11-14H,3,10H2,1-2H3. The van der Waals surface area contributed by atoms with E-state index in [0.717, 1.165) is 24.4 Å². The lowest BCUT2D eigenvalue weighted by atomic mass is 10.2. The lowest BCUT2D eigenvalue weighted by molar-refractivity contribution is 0.966. The van der Waals surface area contributed by atoms with Crippen molar-refractivity contribution in [1.82, 2.24) is 0 Å². The molecule has 0 aliphatic rings. The summed E-state index contributed by atoms with van der Waals surface area (Å²) in [6.07, 6.45) is 2.06. The molecule has 0 heterocycles. The Morgan fingerprint density at radius 3 is 2.11 bits per heavy atom. The number of anilines is 1. The van der Waals surface area contributed by atoms with Crippen LogP contribution in [0.25, 0.3) is 0 Å². The lowest BCUT2D eigenvalue weighted by Gasteiger charge is -2.21. The molecular formula is C17H20N2. The largest absolute Gasteiger partial charge is 0.333 e. The summed E-state index contributed by atoms with van der Waals surface area (Å²) < 4.78 is 0. The van der Waals surface area contributed by atoms with E-state index in [2.05, 4.69) is 43.1 Å². The monoisotopic (exact) mass is 252 g/mol. The summed E-state index contributed by atoms with van der Waals surface area (Å²) in [5.41, 5.74) is 2.18. The van der Waals surface area contributed by atoms with Crippen molar-refractivity contribution < 1.29 is 0 Å². The van der Waals surface area contributed by atoms with E-state index in [1.807, 2.05) is 36.4 Å². The normalized spacial score (nSPS) is 11.4. The van der Waals surface area contributed by atoms with Crippen molar-refractivity contribution in [3.63, 3.8) is 0 Å². The molecular weight excluding hydrogens is 232 g/mol. The van der Waals surface area contributed by atoms with E-state index >= 15 is 0 Å². The molecule has 2 rings (SSSR count). The minimum absolute atomic E-state index is 0.973. The van der Waals surface area contributed by atoms with Crippen LogP contribution in [0.4, 0.5) is 11.4 Å². The molecule has 2 heteroatoms. The number of benzene rings is 2. The van der Waals surface area contributed by atoms with E-state index in [4.69, 9.17) is 4.99 Å². The van der Waals surface area contributed by atoms with Crippen molar-refractivity contribution >= 4 is 17.2 Å². The molecule has 0 aliphatic heterocycles. The summed E-state index contributed by atoms with van der Waals surface area (Å²) in [5.74, 6) is 1.10. The molecule has 0 unspecified atom stereocenters. The van der Waals surface area contributed by atoms with Crippen molar-refractivity contribution in [3.05, 3.63) is 60.7 Å². The predicted molar refractivity (Wildman–Crippen MR) is 83.3 cm³/mol.